The Morgan fingerprint density at radius 2 is 1.51 bits per heavy atom. The number of nitro benzene ring substituents is 2. The Hall–Kier alpha value is -2.62. The van der Waals surface area contributed by atoms with Crippen LogP contribution in [-0.4, -0.2) is 32.0 Å². The van der Waals surface area contributed by atoms with Crippen molar-refractivity contribution in [3.05, 3.63) is 55.1 Å². The molecule has 0 saturated heterocycles. The maximum Gasteiger partial charge on any atom is 0.339 e. The standard InChI is InChI=1S/C25H29BrN2O7/c1-22(2)9-17-19(18(29)10-22)25(12-23(3,4)11-24(5,13-25)20(17)26)35-21(30)14-6-15(27(31)32)8-16(7-14)28(33)34/h6-8,20H,9-13H2,1-5H3/t20-,24-,25+/m1/s1. The maximum atomic E-state index is 13.6. The van der Waals surface area contributed by atoms with Crippen LogP contribution in [0, 0.1) is 36.5 Å². The minimum Gasteiger partial charge on any atom is -0.450 e. The van der Waals surface area contributed by atoms with Gasteiger partial charge in [0.15, 0.2) is 5.78 Å². The molecule has 1 aromatic rings. The molecule has 0 aliphatic heterocycles. The average Bonchev–Trinajstić information content (AvgIpc) is 2.68. The average molecular weight is 549 g/mol. The summed E-state index contributed by atoms with van der Waals surface area (Å²) < 4.78 is 6.18. The van der Waals surface area contributed by atoms with E-state index in [1.54, 1.807) is 0 Å². The summed E-state index contributed by atoms with van der Waals surface area (Å²) in [7, 11) is 0. The molecular weight excluding hydrogens is 520 g/mol. The van der Waals surface area contributed by atoms with E-state index in [-0.39, 0.29) is 32.4 Å². The molecule has 3 aliphatic rings. The number of non-ortho nitro benzene ring substituents is 2. The molecule has 1 aromatic carbocycles. The number of fused-ring (bicyclic) bond motifs is 3. The number of ether oxygens (including phenoxy) is 1. The van der Waals surface area contributed by atoms with Crippen LogP contribution < -0.4 is 0 Å². The maximum absolute atomic E-state index is 13.6. The second-order valence-electron chi connectivity index (χ2n) is 12.2. The van der Waals surface area contributed by atoms with Gasteiger partial charge in [0.2, 0.25) is 0 Å². The van der Waals surface area contributed by atoms with Crippen LogP contribution in [-0.2, 0) is 9.53 Å². The van der Waals surface area contributed by atoms with Gasteiger partial charge in [0, 0.05) is 29.0 Å². The number of nitro groups is 2. The van der Waals surface area contributed by atoms with Crippen molar-refractivity contribution in [1.29, 1.82) is 0 Å². The van der Waals surface area contributed by atoms with Crippen LogP contribution in [0.4, 0.5) is 11.4 Å². The fraction of sp³-hybridized carbons (Fsp3) is 0.600. The topological polar surface area (TPSA) is 130 Å². The summed E-state index contributed by atoms with van der Waals surface area (Å²) in [6.45, 7) is 10.4. The predicted octanol–water partition coefficient (Wildman–Crippen LogP) is 6.08. The van der Waals surface area contributed by atoms with Crippen LogP contribution in [0.15, 0.2) is 29.3 Å². The van der Waals surface area contributed by atoms with Crippen LogP contribution in [0.25, 0.3) is 0 Å². The van der Waals surface area contributed by atoms with Gasteiger partial charge >= 0.3 is 5.97 Å². The van der Waals surface area contributed by atoms with Gasteiger partial charge in [-0.25, -0.2) is 4.79 Å². The number of halogens is 1. The summed E-state index contributed by atoms with van der Waals surface area (Å²) in [5.74, 6) is -0.965. The Morgan fingerprint density at radius 3 is 2.06 bits per heavy atom. The van der Waals surface area contributed by atoms with Crippen molar-refractivity contribution in [2.75, 3.05) is 0 Å². The zero-order valence-corrected chi connectivity index (χ0v) is 22.1. The van der Waals surface area contributed by atoms with E-state index in [1.807, 2.05) is 13.8 Å². The Kier molecular flexibility index (Phi) is 5.78. The van der Waals surface area contributed by atoms with E-state index in [0.717, 1.165) is 30.2 Å². The second-order valence-corrected chi connectivity index (χ2v) is 13.1. The number of rotatable bonds is 4. The first-order valence-electron chi connectivity index (χ1n) is 11.6. The third-order valence-electron chi connectivity index (χ3n) is 7.47. The van der Waals surface area contributed by atoms with Crippen LogP contribution in [0.3, 0.4) is 0 Å². The number of ketones is 1. The van der Waals surface area contributed by atoms with E-state index in [4.69, 9.17) is 4.74 Å². The minimum absolute atomic E-state index is 0.0566. The van der Waals surface area contributed by atoms with E-state index >= 15 is 0 Å². The van der Waals surface area contributed by atoms with Crippen LogP contribution in [0.1, 0.15) is 77.1 Å². The van der Waals surface area contributed by atoms with Crippen LogP contribution in [0.5, 0.6) is 0 Å². The largest absolute Gasteiger partial charge is 0.450 e. The predicted molar refractivity (Wildman–Crippen MR) is 131 cm³/mol. The number of carbonyl (C=O) groups is 2. The molecule has 0 aromatic heterocycles. The molecule has 10 heteroatoms. The van der Waals surface area contributed by atoms with Crippen molar-refractivity contribution in [2.24, 2.45) is 16.2 Å². The molecule has 0 amide bonds. The first-order chi connectivity index (χ1) is 16.0. The zero-order chi connectivity index (χ0) is 26.1. The SMILES string of the molecule is CC1(C)CC(=O)C2=C(C1)[C@@H](Br)[C@]1(C)CC(C)(C)C[C@]2(OC(=O)c2cc([N+](=O)[O-])cc([N+](=O)[O-])c2)C1. The van der Waals surface area contributed by atoms with E-state index in [2.05, 4.69) is 36.7 Å². The molecule has 3 atom stereocenters. The monoisotopic (exact) mass is 548 g/mol. The summed E-state index contributed by atoms with van der Waals surface area (Å²) in [5.41, 5.74) is -1.95. The summed E-state index contributed by atoms with van der Waals surface area (Å²) in [5, 5.41) is 22.7. The first-order valence-corrected chi connectivity index (χ1v) is 12.5. The lowest BCUT2D eigenvalue weighted by molar-refractivity contribution is -0.394. The van der Waals surface area contributed by atoms with E-state index in [9.17, 15) is 29.8 Å². The Labute approximate surface area is 211 Å². The van der Waals surface area contributed by atoms with Gasteiger partial charge in [-0.1, -0.05) is 50.5 Å². The highest BCUT2D eigenvalue weighted by molar-refractivity contribution is 9.09. The molecule has 0 N–H and O–H groups in total. The van der Waals surface area contributed by atoms with Gasteiger partial charge in [0.1, 0.15) is 5.60 Å². The highest BCUT2D eigenvalue weighted by Crippen LogP contribution is 2.64. The molecule has 9 nitrogen and oxygen atoms in total. The van der Waals surface area contributed by atoms with Gasteiger partial charge in [-0.05, 0) is 47.5 Å². The van der Waals surface area contributed by atoms with Crippen molar-refractivity contribution >= 4 is 39.1 Å². The van der Waals surface area contributed by atoms with Gasteiger partial charge in [-0.3, -0.25) is 25.0 Å². The zero-order valence-electron chi connectivity index (χ0n) is 20.5. The van der Waals surface area contributed by atoms with Gasteiger partial charge in [-0.2, -0.15) is 0 Å². The van der Waals surface area contributed by atoms with Crippen molar-refractivity contribution < 1.29 is 24.2 Å². The highest BCUT2D eigenvalue weighted by Gasteiger charge is 2.62. The van der Waals surface area contributed by atoms with Crippen molar-refractivity contribution in [3.63, 3.8) is 0 Å². The molecule has 0 spiro atoms. The van der Waals surface area contributed by atoms with Crippen molar-refractivity contribution in [3.8, 4) is 0 Å². The number of hydrogen-bond acceptors (Lipinski definition) is 7. The van der Waals surface area contributed by atoms with Gasteiger partial charge in [-0.15, -0.1) is 0 Å². The quantitative estimate of drug-likeness (QED) is 0.193. The molecule has 1 saturated carbocycles. The molecule has 35 heavy (non-hydrogen) atoms. The molecule has 3 aliphatic carbocycles. The van der Waals surface area contributed by atoms with Crippen molar-refractivity contribution in [1.82, 2.24) is 0 Å². The van der Waals surface area contributed by atoms with Crippen molar-refractivity contribution in [2.45, 2.75) is 77.2 Å². The lowest BCUT2D eigenvalue weighted by Gasteiger charge is -2.60. The second kappa shape index (κ2) is 7.94. The Bertz CT molecular complexity index is 1170. The lowest BCUT2D eigenvalue weighted by Crippen LogP contribution is -2.59. The number of carbonyl (C=O) groups excluding carboxylic acids is 2. The Morgan fingerprint density at radius 1 is 0.943 bits per heavy atom. The summed E-state index contributed by atoms with van der Waals surface area (Å²) >= 11 is 3.89. The van der Waals surface area contributed by atoms with E-state index in [0.29, 0.717) is 31.3 Å². The number of alkyl halides is 1. The number of esters is 1. The molecule has 188 valence electrons. The highest BCUT2D eigenvalue weighted by atomic mass is 79.9. The van der Waals surface area contributed by atoms with Gasteiger partial charge in [0.05, 0.1) is 21.5 Å². The third-order valence-corrected chi connectivity index (χ3v) is 9.12. The molecule has 0 unspecified atom stereocenters. The number of Topliss-reactive ketones (excluding diaryl/α,β-unsaturated/α-hetero) is 1. The number of nitrogens with zero attached hydrogens (tertiary/aromatic N) is 2. The first kappa shape index (κ1) is 25.5. The fourth-order valence-electron chi connectivity index (χ4n) is 6.90. The molecule has 1 fully saturated rings. The number of hydrogen-bond donors (Lipinski definition) is 0. The molecule has 0 radical (unpaired) electrons. The fourth-order valence-corrected chi connectivity index (χ4v) is 7.61. The minimum atomic E-state index is -1.21. The summed E-state index contributed by atoms with van der Waals surface area (Å²) in [4.78, 5) is 48.1. The van der Waals surface area contributed by atoms with Gasteiger partial charge in [0.25, 0.3) is 11.4 Å². The van der Waals surface area contributed by atoms with Crippen LogP contribution >= 0.6 is 15.9 Å². The molecule has 2 bridgehead atoms. The smallest absolute Gasteiger partial charge is 0.339 e. The van der Waals surface area contributed by atoms with E-state index in [1.165, 1.54) is 0 Å². The number of allylic oxidation sites excluding steroid dienone is 1. The van der Waals surface area contributed by atoms with E-state index < -0.39 is 32.8 Å². The summed E-state index contributed by atoms with van der Waals surface area (Å²) in [6, 6.07) is 2.77. The molecular formula is C25H29BrN2O7. The van der Waals surface area contributed by atoms with Crippen LogP contribution in [0.2, 0.25) is 0 Å². The Balaban J connectivity index is 1.86. The molecule has 0 heterocycles. The van der Waals surface area contributed by atoms with Gasteiger partial charge < -0.3 is 4.74 Å². The normalized spacial score (nSPS) is 30.9. The number of benzene rings is 1. The summed E-state index contributed by atoms with van der Waals surface area (Å²) in [6.07, 6.45) is 2.70. The lowest BCUT2D eigenvalue weighted by atomic mass is 9.49. The molecule has 4 rings (SSSR count). The third kappa shape index (κ3) is 4.41.